The predicted octanol–water partition coefficient (Wildman–Crippen LogP) is 4.01. The second-order valence-corrected chi connectivity index (χ2v) is 10.7. The number of hydrogen-bond donors (Lipinski definition) is 3. The number of aromatic hydroxyl groups is 1. The summed E-state index contributed by atoms with van der Waals surface area (Å²) in [6, 6.07) is 1.30. The molecular weight excluding hydrogens is 420 g/mol. The van der Waals surface area contributed by atoms with Crippen molar-refractivity contribution in [2.24, 2.45) is 22.7 Å². The fourth-order valence-electron chi connectivity index (χ4n) is 6.44. The molecular formula is C24H31ClO6. The molecule has 2 saturated carbocycles. The second kappa shape index (κ2) is 7.39. The fourth-order valence-corrected chi connectivity index (χ4v) is 6.66. The highest BCUT2D eigenvalue weighted by molar-refractivity contribution is 6.33. The summed E-state index contributed by atoms with van der Waals surface area (Å²) < 4.78 is 10.9. The van der Waals surface area contributed by atoms with Crippen LogP contribution in [0.3, 0.4) is 0 Å². The summed E-state index contributed by atoms with van der Waals surface area (Å²) >= 11 is 6.26. The second-order valence-electron chi connectivity index (χ2n) is 10.3. The number of ether oxygens (including phenoxy) is 2. The molecule has 3 N–H and O–H groups in total. The molecule has 0 spiro atoms. The number of fused-ring (bicyclic) bond motifs is 3. The lowest BCUT2D eigenvalue weighted by Gasteiger charge is -2.57. The minimum Gasteiger partial charge on any atom is -0.507 e. The van der Waals surface area contributed by atoms with Crippen molar-refractivity contribution in [3.05, 3.63) is 33.4 Å². The zero-order chi connectivity index (χ0) is 22.9. The molecule has 0 bridgehead atoms. The Morgan fingerprint density at radius 1 is 1.26 bits per heavy atom. The topological polar surface area (TPSA) is 96.2 Å². The number of benzene rings is 1. The first-order chi connectivity index (χ1) is 14.4. The lowest BCUT2D eigenvalue weighted by atomic mass is 9.49. The van der Waals surface area contributed by atoms with Gasteiger partial charge >= 0.3 is 5.97 Å². The van der Waals surface area contributed by atoms with Crippen LogP contribution in [-0.2, 0) is 4.74 Å². The van der Waals surface area contributed by atoms with E-state index in [1.807, 2.05) is 0 Å². The zero-order valence-corrected chi connectivity index (χ0v) is 19.4. The Kier molecular flexibility index (Phi) is 5.35. The number of aliphatic hydroxyl groups is 2. The van der Waals surface area contributed by atoms with Crippen molar-refractivity contribution >= 4 is 17.6 Å². The average molecular weight is 451 g/mol. The predicted molar refractivity (Wildman–Crippen MR) is 116 cm³/mol. The maximum absolute atomic E-state index is 13.0. The largest absolute Gasteiger partial charge is 0.507 e. The number of halogens is 1. The molecule has 3 aliphatic carbocycles. The average Bonchev–Trinajstić information content (AvgIpc) is 3.03. The van der Waals surface area contributed by atoms with Crippen LogP contribution in [0.15, 0.2) is 17.2 Å². The van der Waals surface area contributed by atoms with Crippen LogP contribution in [0.1, 0.15) is 56.0 Å². The molecule has 0 radical (unpaired) electrons. The number of rotatable bonds is 4. The molecule has 5 atom stereocenters. The van der Waals surface area contributed by atoms with Crippen LogP contribution in [0.4, 0.5) is 0 Å². The van der Waals surface area contributed by atoms with E-state index in [4.69, 9.17) is 21.1 Å². The van der Waals surface area contributed by atoms with Gasteiger partial charge in [0, 0.05) is 6.07 Å². The molecule has 170 valence electrons. The number of aliphatic hydroxyl groups excluding tert-OH is 2. The van der Waals surface area contributed by atoms with Crippen LogP contribution < -0.4 is 4.74 Å². The Hall–Kier alpha value is -1.76. The van der Waals surface area contributed by atoms with Gasteiger partial charge in [0.2, 0.25) is 0 Å². The molecule has 1 aromatic carbocycles. The highest BCUT2D eigenvalue weighted by atomic mass is 35.5. The Morgan fingerprint density at radius 3 is 2.55 bits per heavy atom. The molecule has 31 heavy (non-hydrogen) atoms. The van der Waals surface area contributed by atoms with Gasteiger partial charge in [0.15, 0.2) is 0 Å². The van der Waals surface area contributed by atoms with E-state index in [2.05, 4.69) is 20.8 Å². The van der Waals surface area contributed by atoms with E-state index in [1.54, 1.807) is 6.92 Å². The number of carbonyl (C=O) groups excluding carboxylic acids is 1. The van der Waals surface area contributed by atoms with Crippen molar-refractivity contribution in [1.29, 1.82) is 0 Å². The van der Waals surface area contributed by atoms with Crippen LogP contribution in [0.25, 0.3) is 0 Å². The van der Waals surface area contributed by atoms with Gasteiger partial charge in [-0.25, -0.2) is 4.79 Å². The molecule has 0 amide bonds. The van der Waals surface area contributed by atoms with E-state index in [0.717, 1.165) is 18.4 Å². The molecule has 1 aromatic rings. The fraction of sp³-hybridized carbons (Fsp3) is 0.625. The Bertz CT molecular complexity index is 967. The third kappa shape index (κ3) is 3.26. The first-order valence-corrected chi connectivity index (χ1v) is 11.1. The normalized spacial score (nSPS) is 33.4. The summed E-state index contributed by atoms with van der Waals surface area (Å²) in [6.07, 6.45) is 1.26. The highest BCUT2D eigenvalue weighted by Crippen LogP contribution is 2.66. The zero-order valence-electron chi connectivity index (χ0n) is 18.7. The van der Waals surface area contributed by atoms with E-state index < -0.39 is 18.2 Å². The number of methoxy groups -OCH3 is 1. The maximum atomic E-state index is 13.0. The van der Waals surface area contributed by atoms with Crippen molar-refractivity contribution in [3.63, 3.8) is 0 Å². The molecule has 3 aliphatic rings. The molecule has 6 nitrogen and oxygen atoms in total. The van der Waals surface area contributed by atoms with Gasteiger partial charge in [-0.3, -0.25) is 0 Å². The van der Waals surface area contributed by atoms with Gasteiger partial charge in [-0.2, -0.15) is 0 Å². The minimum atomic E-state index is -0.730. The van der Waals surface area contributed by atoms with Gasteiger partial charge in [0.05, 0.1) is 24.8 Å². The lowest BCUT2D eigenvalue weighted by Crippen LogP contribution is -2.56. The number of phenolic OH excluding ortho intramolecular Hbond substituents is 1. The van der Waals surface area contributed by atoms with Gasteiger partial charge in [0.25, 0.3) is 0 Å². The lowest BCUT2D eigenvalue weighted by molar-refractivity contribution is -0.0571. The molecule has 0 saturated heterocycles. The van der Waals surface area contributed by atoms with E-state index in [-0.39, 0.29) is 51.4 Å². The molecule has 7 heteroatoms. The first-order valence-electron chi connectivity index (χ1n) is 10.7. The molecule has 0 aromatic heterocycles. The number of phenols is 1. The van der Waals surface area contributed by atoms with Crippen LogP contribution in [0.2, 0.25) is 5.02 Å². The van der Waals surface area contributed by atoms with E-state index in [0.29, 0.717) is 17.6 Å². The highest BCUT2D eigenvalue weighted by Gasteiger charge is 2.63. The summed E-state index contributed by atoms with van der Waals surface area (Å²) in [4.78, 5) is 13.0. The van der Waals surface area contributed by atoms with Crippen molar-refractivity contribution in [3.8, 4) is 11.5 Å². The Labute approximate surface area is 187 Å². The van der Waals surface area contributed by atoms with E-state index in [1.165, 1.54) is 13.2 Å². The standard InChI is InChI=1S/C24H31ClO6/c1-11-18(15(27)6-16(30-5)20(11)25)22(29)31-17-9-24(4)14-8-23(2,3)7-12(14)21(28)13(10-26)19(17)24/h6,12,14,17,21,26-28H,7-10H2,1-5H3/t12-,14+,17-,21+,24-/m1/s1. The third-order valence-electron chi connectivity index (χ3n) is 7.84. The molecule has 0 unspecified atom stereocenters. The van der Waals surface area contributed by atoms with Gasteiger partial charge in [0.1, 0.15) is 23.2 Å². The number of esters is 1. The van der Waals surface area contributed by atoms with Crippen molar-refractivity contribution in [1.82, 2.24) is 0 Å². The summed E-state index contributed by atoms with van der Waals surface area (Å²) in [6.45, 7) is 7.95. The van der Waals surface area contributed by atoms with Gasteiger partial charge in [-0.1, -0.05) is 32.4 Å². The first kappa shape index (κ1) is 22.4. The van der Waals surface area contributed by atoms with Crippen LogP contribution in [0, 0.1) is 29.6 Å². The summed E-state index contributed by atoms with van der Waals surface area (Å²) in [5, 5.41) is 31.7. The van der Waals surface area contributed by atoms with Gasteiger partial charge < -0.3 is 24.8 Å². The van der Waals surface area contributed by atoms with Gasteiger partial charge in [-0.15, -0.1) is 0 Å². The van der Waals surface area contributed by atoms with Gasteiger partial charge in [-0.05, 0) is 65.6 Å². The molecule has 0 heterocycles. The summed E-state index contributed by atoms with van der Waals surface area (Å²) in [5.74, 6) is -0.277. The SMILES string of the molecule is COc1cc(O)c(C(=O)O[C@@H]2C[C@@]3(C)C2=C(CO)[C@@H](O)[C@@H]2CC(C)(C)C[C@@H]23)c(C)c1Cl. The van der Waals surface area contributed by atoms with Crippen molar-refractivity contribution < 1.29 is 29.6 Å². The maximum Gasteiger partial charge on any atom is 0.342 e. The third-order valence-corrected chi connectivity index (χ3v) is 8.31. The molecule has 2 fully saturated rings. The van der Waals surface area contributed by atoms with Crippen molar-refractivity contribution in [2.75, 3.05) is 13.7 Å². The minimum absolute atomic E-state index is 0.00165. The number of hydrogen-bond acceptors (Lipinski definition) is 6. The van der Waals surface area contributed by atoms with E-state index in [9.17, 15) is 20.1 Å². The van der Waals surface area contributed by atoms with Crippen molar-refractivity contribution in [2.45, 2.75) is 59.2 Å². The van der Waals surface area contributed by atoms with Crippen LogP contribution in [-0.4, -0.2) is 47.2 Å². The smallest absolute Gasteiger partial charge is 0.342 e. The monoisotopic (exact) mass is 450 g/mol. The summed E-state index contributed by atoms with van der Waals surface area (Å²) in [5.41, 5.74) is 1.71. The Balaban J connectivity index is 1.65. The van der Waals surface area contributed by atoms with E-state index >= 15 is 0 Å². The van der Waals surface area contributed by atoms with Crippen LogP contribution in [0.5, 0.6) is 11.5 Å². The number of carbonyl (C=O) groups is 1. The quantitative estimate of drug-likeness (QED) is 0.473. The molecule has 0 aliphatic heterocycles. The molecule has 4 rings (SSSR count). The van der Waals surface area contributed by atoms with Crippen LogP contribution >= 0.6 is 11.6 Å². The Morgan fingerprint density at radius 2 is 1.94 bits per heavy atom. The summed E-state index contributed by atoms with van der Waals surface area (Å²) in [7, 11) is 1.43.